The van der Waals surface area contributed by atoms with E-state index in [4.69, 9.17) is 0 Å². The van der Waals surface area contributed by atoms with Crippen molar-refractivity contribution in [3.8, 4) is 0 Å². The van der Waals surface area contributed by atoms with Gasteiger partial charge in [-0.3, -0.25) is 0 Å². The molecule has 0 radical (unpaired) electrons. The summed E-state index contributed by atoms with van der Waals surface area (Å²) in [4.78, 5) is 2.32. The summed E-state index contributed by atoms with van der Waals surface area (Å²) in [7, 11) is 2.14. The highest BCUT2D eigenvalue weighted by atomic mass is 15.1. The van der Waals surface area contributed by atoms with Crippen LogP contribution >= 0.6 is 0 Å². The minimum absolute atomic E-state index is 0.699. The summed E-state index contributed by atoms with van der Waals surface area (Å²) in [6.45, 7) is 2.44. The molecule has 0 aromatic rings. The SMILES string of the molecule is CN1CC[C@H]([NH3+])C1. The minimum Gasteiger partial charge on any atom is -0.354 e. The van der Waals surface area contributed by atoms with Crippen molar-refractivity contribution in [2.75, 3.05) is 20.1 Å². The van der Waals surface area contributed by atoms with Gasteiger partial charge in [-0.15, -0.1) is 0 Å². The molecule has 0 aliphatic carbocycles. The average molecular weight is 101 g/mol. The summed E-state index contributed by atoms with van der Waals surface area (Å²) in [5.74, 6) is 0. The van der Waals surface area contributed by atoms with E-state index < -0.39 is 0 Å². The van der Waals surface area contributed by atoms with Gasteiger partial charge in [0, 0.05) is 13.0 Å². The summed E-state index contributed by atoms with van der Waals surface area (Å²) in [5.41, 5.74) is 3.95. The van der Waals surface area contributed by atoms with E-state index in [9.17, 15) is 0 Å². The van der Waals surface area contributed by atoms with Crippen LogP contribution in [0.1, 0.15) is 6.42 Å². The number of likely N-dealkylation sites (tertiary alicyclic amines) is 1. The van der Waals surface area contributed by atoms with Crippen LogP contribution in [0.5, 0.6) is 0 Å². The number of hydrogen-bond acceptors (Lipinski definition) is 1. The van der Waals surface area contributed by atoms with Gasteiger partial charge in [-0.2, -0.15) is 0 Å². The van der Waals surface area contributed by atoms with Gasteiger partial charge in [0.1, 0.15) is 0 Å². The first kappa shape index (κ1) is 5.06. The van der Waals surface area contributed by atoms with Crippen molar-refractivity contribution in [2.45, 2.75) is 12.5 Å². The Kier molecular flexibility index (Phi) is 1.30. The molecule has 0 saturated carbocycles. The van der Waals surface area contributed by atoms with Crippen molar-refractivity contribution < 1.29 is 5.73 Å². The lowest BCUT2D eigenvalue weighted by Gasteiger charge is -2.01. The Hall–Kier alpha value is -0.0800. The summed E-state index contributed by atoms with van der Waals surface area (Å²) >= 11 is 0. The zero-order valence-corrected chi connectivity index (χ0v) is 4.85. The molecular formula is C5H13N2+. The molecule has 1 heterocycles. The van der Waals surface area contributed by atoms with Crippen LogP contribution in [0.2, 0.25) is 0 Å². The van der Waals surface area contributed by atoms with Crippen LogP contribution < -0.4 is 5.73 Å². The first-order valence-electron chi connectivity index (χ1n) is 2.80. The maximum absolute atomic E-state index is 3.95. The third-order valence-corrected chi connectivity index (χ3v) is 1.49. The third kappa shape index (κ3) is 1.14. The summed E-state index contributed by atoms with van der Waals surface area (Å²) in [5, 5.41) is 0. The van der Waals surface area contributed by atoms with Crippen LogP contribution in [0.3, 0.4) is 0 Å². The Morgan fingerprint density at radius 1 is 1.71 bits per heavy atom. The molecule has 7 heavy (non-hydrogen) atoms. The topological polar surface area (TPSA) is 30.9 Å². The van der Waals surface area contributed by atoms with Crippen molar-refractivity contribution in [1.29, 1.82) is 0 Å². The molecule has 0 bridgehead atoms. The van der Waals surface area contributed by atoms with E-state index in [1.165, 1.54) is 19.5 Å². The molecule has 1 atom stereocenters. The van der Waals surface area contributed by atoms with Crippen LogP contribution in [0.25, 0.3) is 0 Å². The van der Waals surface area contributed by atoms with Crippen LogP contribution in [-0.2, 0) is 0 Å². The van der Waals surface area contributed by atoms with Crippen LogP contribution in [0.15, 0.2) is 0 Å². The van der Waals surface area contributed by atoms with Gasteiger partial charge in [-0.25, -0.2) is 0 Å². The molecule has 1 rings (SSSR count). The fourth-order valence-electron chi connectivity index (χ4n) is 1.03. The van der Waals surface area contributed by atoms with Crippen LogP contribution in [-0.4, -0.2) is 31.1 Å². The van der Waals surface area contributed by atoms with E-state index >= 15 is 0 Å². The first-order valence-corrected chi connectivity index (χ1v) is 2.80. The number of likely N-dealkylation sites (N-methyl/N-ethyl adjacent to an activating group) is 1. The largest absolute Gasteiger partial charge is 0.354 e. The lowest BCUT2D eigenvalue weighted by atomic mass is 10.3. The Morgan fingerprint density at radius 3 is 2.57 bits per heavy atom. The van der Waals surface area contributed by atoms with Gasteiger partial charge in [0.15, 0.2) is 0 Å². The van der Waals surface area contributed by atoms with Gasteiger partial charge < -0.3 is 10.6 Å². The minimum atomic E-state index is 0.699. The highest BCUT2D eigenvalue weighted by Crippen LogP contribution is 2.00. The number of nitrogens with zero attached hydrogens (tertiary/aromatic N) is 1. The molecule has 2 nitrogen and oxygen atoms in total. The maximum atomic E-state index is 3.95. The summed E-state index contributed by atoms with van der Waals surface area (Å²) in [6.07, 6.45) is 1.29. The number of rotatable bonds is 0. The standard InChI is InChI=1S/C5H12N2/c1-7-3-2-5(6)4-7/h5H,2-4,6H2,1H3/p+1/t5-/m0/s1. The molecule has 0 unspecified atom stereocenters. The normalized spacial score (nSPS) is 34.3. The quantitative estimate of drug-likeness (QED) is 0.414. The van der Waals surface area contributed by atoms with Gasteiger partial charge in [0.05, 0.1) is 12.6 Å². The van der Waals surface area contributed by atoms with Gasteiger partial charge in [-0.05, 0) is 7.05 Å². The lowest BCUT2D eigenvalue weighted by molar-refractivity contribution is -0.414. The second kappa shape index (κ2) is 1.80. The molecule has 0 aromatic heterocycles. The van der Waals surface area contributed by atoms with E-state index in [0.717, 1.165) is 0 Å². The second-order valence-corrected chi connectivity index (χ2v) is 2.42. The maximum Gasteiger partial charge on any atom is 0.0984 e. The fraction of sp³-hybridized carbons (Fsp3) is 1.00. The van der Waals surface area contributed by atoms with Crippen LogP contribution in [0, 0.1) is 0 Å². The summed E-state index contributed by atoms with van der Waals surface area (Å²) in [6, 6.07) is 0.699. The highest BCUT2D eigenvalue weighted by Gasteiger charge is 2.16. The van der Waals surface area contributed by atoms with E-state index in [-0.39, 0.29) is 0 Å². The highest BCUT2D eigenvalue weighted by molar-refractivity contribution is 4.68. The molecule has 0 spiro atoms. The van der Waals surface area contributed by atoms with Gasteiger partial charge in [-0.1, -0.05) is 0 Å². The Labute approximate surface area is 44.3 Å². The molecule has 3 N–H and O–H groups in total. The fourth-order valence-corrected chi connectivity index (χ4v) is 1.03. The first-order chi connectivity index (χ1) is 3.29. The molecule has 0 aromatic carbocycles. The van der Waals surface area contributed by atoms with Gasteiger partial charge in [0.2, 0.25) is 0 Å². The molecule has 0 amide bonds. The summed E-state index contributed by atoms with van der Waals surface area (Å²) < 4.78 is 0. The number of hydrogen-bond donors (Lipinski definition) is 1. The Morgan fingerprint density at radius 2 is 2.43 bits per heavy atom. The van der Waals surface area contributed by atoms with Crippen molar-refractivity contribution in [3.63, 3.8) is 0 Å². The molecule has 1 saturated heterocycles. The molecule has 1 fully saturated rings. The molecular weight excluding hydrogens is 88.1 g/mol. The van der Waals surface area contributed by atoms with Crippen molar-refractivity contribution in [2.24, 2.45) is 0 Å². The molecule has 1 aliphatic heterocycles. The van der Waals surface area contributed by atoms with E-state index in [1.54, 1.807) is 0 Å². The number of quaternary nitrogens is 1. The Balaban J connectivity index is 2.26. The van der Waals surface area contributed by atoms with E-state index in [0.29, 0.717) is 6.04 Å². The van der Waals surface area contributed by atoms with Crippen molar-refractivity contribution in [3.05, 3.63) is 0 Å². The molecule has 42 valence electrons. The molecule has 1 aliphatic rings. The van der Waals surface area contributed by atoms with Crippen LogP contribution in [0.4, 0.5) is 0 Å². The third-order valence-electron chi connectivity index (χ3n) is 1.49. The predicted molar refractivity (Wildman–Crippen MR) is 28.8 cm³/mol. The van der Waals surface area contributed by atoms with E-state index in [2.05, 4.69) is 17.7 Å². The lowest BCUT2D eigenvalue weighted by Crippen LogP contribution is -2.61. The predicted octanol–water partition coefficient (Wildman–Crippen LogP) is -1.07. The zero-order valence-electron chi connectivity index (χ0n) is 4.85. The smallest absolute Gasteiger partial charge is 0.0984 e. The second-order valence-electron chi connectivity index (χ2n) is 2.42. The van der Waals surface area contributed by atoms with Crippen molar-refractivity contribution in [1.82, 2.24) is 4.90 Å². The van der Waals surface area contributed by atoms with Crippen molar-refractivity contribution >= 4 is 0 Å². The van der Waals surface area contributed by atoms with Gasteiger partial charge >= 0.3 is 0 Å². The van der Waals surface area contributed by atoms with E-state index in [1.807, 2.05) is 0 Å². The monoisotopic (exact) mass is 101 g/mol. The average Bonchev–Trinajstić information content (AvgIpc) is 1.87. The van der Waals surface area contributed by atoms with Gasteiger partial charge in [0.25, 0.3) is 0 Å². The zero-order chi connectivity index (χ0) is 5.28. The molecule has 2 heteroatoms. The Bertz CT molecular complexity index is 55.1.